The van der Waals surface area contributed by atoms with E-state index in [9.17, 15) is 18.0 Å². The topological polar surface area (TPSA) is 23.6 Å². The highest BCUT2D eigenvalue weighted by Gasteiger charge is 2.36. The first-order valence-electron chi connectivity index (χ1n) is 8.22. The summed E-state index contributed by atoms with van der Waals surface area (Å²) in [5, 5.41) is 4.41. The summed E-state index contributed by atoms with van der Waals surface area (Å²) in [7, 11) is 0. The molecule has 1 saturated heterocycles. The minimum absolute atomic E-state index is 0.0424. The van der Waals surface area contributed by atoms with E-state index in [1.54, 1.807) is 11.3 Å². The molecule has 140 valence electrons. The Labute approximate surface area is 159 Å². The van der Waals surface area contributed by atoms with E-state index < -0.39 is 18.6 Å². The van der Waals surface area contributed by atoms with Gasteiger partial charge in [-0.15, -0.1) is 0 Å². The number of halogens is 4. The number of alkyl halides is 3. The van der Waals surface area contributed by atoms with Crippen LogP contribution in [0.25, 0.3) is 0 Å². The maximum absolute atomic E-state index is 13.0. The molecule has 0 radical (unpaired) electrons. The zero-order valence-corrected chi connectivity index (χ0v) is 15.4. The number of anilines is 1. The fourth-order valence-electron chi connectivity index (χ4n) is 3.24. The number of benzene rings is 1. The van der Waals surface area contributed by atoms with Gasteiger partial charge >= 0.3 is 6.18 Å². The van der Waals surface area contributed by atoms with Gasteiger partial charge in [-0.05, 0) is 66.0 Å². The van der Waals surface area contributed by atoms with E-state index in [4.69, 9.17) is 11.6 Å². The van der Waals surface area contributed by atoms with Gasteiger partial charge in [0.2, 0.25) is 5.91 Å². The molecule has 3 nitrogen and oxygen atoms in total. The van der Waals surface area contributed by atoms with Crippen LogP contribution in [-0.2, 0) is 4.79 Å². The molecule has 1 unspecified atom stereocenters. The molecule has 1 aromatic carbocycles. The maximum Gasteiger partial charge on any atom is 0.406 e. The average molecular weight is 403 g/mol. The molecule has 0 spiro atoms. The molecule has 0 bridgehead atoms. The molecular weight excluding hydrogens is 385 g/mol. The molecule has 0 N–H and O–H groups in total. The predicted octanol–water partition coefficient (Wildman–Crippen LogP) is 5.13. The van der Waals surface area contributed by atoms with Crippen LogP contribution in [0.1, 0.15) is 24.4 Å². The summed E-state index contributed by atoms with van der Waals surface area (Å²) in [6, 6.07) is 7.93. The fourth-order valence-corrected chi connectivity index (χ4v) is 4.07. The molecule has 0 aliphatic carbocycles. The molecule has 3 rings (SSSR count). The van der Waals surface area contributed by atoms with Crippen LogP contribution < -0.4 is 4.90 Å². The molecule has 1 aliphatic rings. The minimum atomic E-state index is -4.48. The summed E-state index contributed by atoms with van der Waals surface area (Å²) in [4.78, 5) is 15.5. The van der Waals surface area contributed by atoms with Crippen molar-refractivity contribution in [2.75, 3.05) is 24.5 Å². The lowest BCUT2D eigenvalue weighted by molar-refractivity contribution is -0.133. The quantitative estimate of drug-likeness (QED) is 0.691. The first-order valence-corrected chi connectivity index (χ1v) is 9.54. The second-order valence-electron chi connectivity index (χ2n) is 6.26. The first-order chi connectivity index (χ1) is 12.3. The van der Waals surface area contributed by atoms with Crippen LogP contribution in [0.2, 0.25) is 5.02 Å². The Bertz CT molecular complexity index is 734. The van der Waals surface area contributed by atoms with Crippen molar-refractivity contribution in [3.8, 4) is 0 Å². The number of hydrogen-bond donors (Lipinski definition) is 0. The molecule has 1 aromatic heterocycles. The molecule has 26 heavy (non-hydrogen) atoms. The van der Waals surface area contributed by atoms with E-state index in [1.165, 1.54) is 24.3 Å². The summed E-state index contributed by atoms with van der Waals surface area (Å²) in [5.41, 5.74) is 1.32. The van der Waals surface area contributed by atoms with Crippen LogP contribution in [-0.4, -0.2) is 36.6 Å². The molecule has 1 fully saturated rings. The van der Waals surface area contributed by atoms with Gasteiger partial charge in [-0.1, -0.05) is 11.6 Å². The van der Waals surface area contributed by atoms with Crippen molar-refractivity contribution in [1.29, 1.82) is 0 Å². The lowest BCUT2D eigenvalue weighted by Gasteiger charge is -2.29. The standard InChI is InChI=1S/C18H18ClF3N2OS/c19-14-3-5-15(6-4-14)24(12-18(20,21)22)17(25)10-23-8-1-2-16(23)13-7-9-26-11-13/h3-7,9,11,16H,1-2,8,10,12H2. The first kappa shape index (κ1) is 19.2. The summed E-state index contributed by atoms with van der Waals surface area (Å²) in [6.07, 6.45) is -2.65. The monoisotopic (exact) mass is 402 g/mol. The third kappa shape index (κ3) is 4.78. The molecule has 1 atom stereocenters. The highest BCUT2D eigenvalue weighted by molar-refractivity contribution is 7.07. The lowest BCUT2D eigenvalue weighted by atomic mass is 10.1. The molecule has 2 aromatic rings. The van der Waals surface area contributed by atoms with Gasteiger partial charge in [0, 0.05) is 16.8 Å². The summed E-state index contributed by atoms with van der Waals surface area (Å²) in [5.74, 6) is -0.563. The average Bonchev–Trinajstić information content (AvgIpc) is 3.23. The molecular formula is C18H18ClF3N2OS. The second kappa shape index (κ2) is 7.98. The SMILES string of the molecule is O=C(CN1CCCC1c1ccsc1)N(CC(F)(F)F)c1ccc(Cl)cc1. The number of thiophene rings is 1. The van der Waals surface area contributed by atoms with Gasteiger partial charge in [-0.2, -0.15) is 24.5 Å². The van der Waals surface area contributed by atoms with E-state index in [-0.39, 0.29) is 18.3 Å². The predicted molar refractivity (Wildman–Crippen MR) is 97.7 cm³/mol. The van der Waals surface area contributed by atoms with Crippen molar-refractivity contribution in [3.05, 3.63) is 51.7 Å². The second-order valence-corrected chi connectivity index (χ2v) is 7.47. The Kier molecular flexibility index (Phi) is 5.89. The normalized spacial score (nSPS) is 18.2. The summed E-state index contributed by atoms with van der Waals surface area (Å²) in [6.45, 7) is -0.656. The van der Waals surface area contributed by atoms with Crippen molar-refractivity contribution in [2.45, 2.75) is 25.1 Å². The minimum Gasteiger partial charge on any atom is -0.302 e. The van der Waals surface area contributed by atoms with Crippen molar-refractivity contribution in [3.63, 3.8) is 0 Å². The van der Waals surface area contributed by atoms with E-state index in [2.05, 4.69) is 0 Å². The smallest absolute Gasteiger partial charge is 0.302 e. The Hall–Kier alpha value is -1.57. The van der Waals surface area contributed by atoms with E-state index >= 15 is 0 Å². The van der Waals surface area contributed by atoms with Gasteiger partial charge in [0.15, 0.2) is 0 Å². The molecule has 1 aliphatic heterocycles. The fraction of sp³-hybridized carbons (Fsp3) is 0.389. The zero-order chi connectivity index (χ0) is 18.7. The molecule has 2 heterocycles. The maximum atomic E-state index is 13.0. The van der Waals surface area contributed by atoms with Crippen LogP contribution in [0.5, 0.6) is 0 Å². The van der Waals surface area contributed by atoms with Gasteiger partial charge in [0.05, 0.1) is 6.54 Å². The Morgan fingerprint density at radius 3 is 2.62 bits per heavy atom. The number of rotatable bonds is 5. The number of nitrogens with zero attached hydrogens (tertiary/aromatic N) is 2. The molecule has 1 amide bonds. The van der Waals surface area contributed by atoms with Crippen molar-refractivity contribution in [2.24, 2.45) is 0 Å². The Balaban J connectivity index is 1.77. The largest absolute Gasteiger partial charge is 0.406 e. The van der Waals surface area contributed by atoms with Gasteiger partial charge in [-0.3, -0.25) is 9.69 Å². The van der Waals surface area contributed by atoms with Gasteiger partial charge in [0.25, 0.3) is 0 Å². The number of amides is 1. The number of carbonyl (C=O) groups excluding carboxylic acids is 1. The van der Waals surface area contributed by atoms with Crippen molar-refractivity contribution >= 4 is 34.5 Å². The van der Waals surface area contributed by atoms with Crippen molar-refractivity contribution < 1.29 is 18.0 Å². The molecule has 8 heteroatoms. The van der Waals surface area contributed by atoms with Crippen molar-refractivity contribution in [1.82, 2.24) is 4.90 Å². The van der Waals surface area contributed by atoms with Gasteiger partial charge in [0.1, 0.15) is 6.54 Å². The van der Waals surface area contributed by atoms with Crippen LogP contribution in [0.3, 0.4) is 0 Å². The third-order valence-electron chi connectivity index (χ3n) is 4.41. The van der Waals surface area contributed by atoms with Gasteiger partial charge in [-0.25, -0.2) is 0 Å². The van der Waals surface area contributed by atoms with E-state index in [0.717, 1.165) is 23.3 Å². The third-order valence-corrected chi connectivity index (χ3v) is 5.36. The van der Waals surface area contributed by atoms with Crippen LogP contribution in [0, 0.1) is 0 Å². The zero-order valence-electron chi connectivity index (χ0n) is 13.9. The number of carbonyl (C=O) groups is 1. The van der Waals surface area contributed by atoms with Crippen LogP contribution in [0.4, 0.5) is 18.9 Å². The number of likely N-dealkylation sites (tertiary alicyclic amines) is 1. The van der Waals surface area contributed by atoms with Crippen LogP contribution >= 0.6 is 22.9 Å². The molecule has 0 saturated carbocycles. The lowest BCUT2D eigenvalue weighted by Crippen LogP contribution is -2.44. The summed E-state index contributed by atoms with van der Waals surface area (Å²) >= 11 is 7.39. The number of hydrogen-bond acceptors (Lipinski definition) is 3. The Morgan fingerprint density at radius 1 is 1.27 bits per heavy atom. The van der Waals surface area contributed by atoms with E-state index in [1.807, 2.05) is 21.7 Å². The highest BCUT2D eigenvalue weighted by Crippen LogP contribution is 2.33. The highest BCUT2D eigenvalue weighted by atomic mass is 35.5. The summed E-state index contributed by atoms with van der Waals surface area (Å²) < 4.78 is 39.0. The van der Waals surface area contributed by atoms with Crippen LogP contribution in [0.15, 0.2) is 41.1 Å². The van der Waals surface area contributed by atoms with E-state index in [0.29, 0.717) is 11.6 Å². The Morgan fingerprint density at radius 2 is 2.00 bits per heavy atom. The van der Waals surface area contributed by atoms with Gasteiger partial charge < -0.3 is 4.90 Å².